The Morgan fingerprint density at radius 1 is 0.722 bits per heavy atom. The van der Waals surface area contributed by atoms with E-state index in [0.29, 0.717) is 22.7 Å². The van der Waals surface area contributed by atoms with E-state index in [1.54, 1.807) is 42.6 Å². The summed E-state index contributed by atoms with van der Waals surface area (Å²) in [6.07, 6.45) is 3.12. The van der Waals surface area contributed by atoms with E-state index in [2.05, 4.69) is 10.3 Å². The van der Waals surface area contributed by atoms with Gasteiger partial charge in [-0.2, -0.15) is 0 Å². The first-order chi connectivity index (χ1) is 17.4. The second kappa shape index (κ2) is 11.1. The number of nitrogens with one attached hydrogen (secondary N) is 1. The summed E-state index contributed by atoms with van der Waals surface area (Å²) in [4.78, 5) is 39.6. The van der Waals surface area contributed by atoms with Gasteiger partial charge in [0.1, 0.15) is 11.5 Å². The molecule has 0 unspecified atom stereocenters. The van der Waals surface area contributed by atoms with Crippen molar-refractivity contribution in [3.8, 4) is 11.5 Å². The highest BCUT2D eigenvalue weighted by atomic mass is 16.5. The molecule has 3 aromatic carbocycles. The van der Waals surface area contributed by atoms with Crippen LogP contribution in [0.5, 0.6) is 11.5 Å². The van der Waals surface area contributed by atoms with Gasteiger partial charge >= 0.3 is 11.9 Å². The summed E-state index contributed by atoms with van der Waals surface area (Å²) >= 11 is 0. The minimum absolute atomic E-state index is 0.273. The first-order valence-electron chi connectivity index (χ1n) is 11.3. The molecular formula is C29H24N2O5. The van der Waals surface area contributed by atoms with Crippen molar-refractivity contribution in [1.29, 1.82) is 0 Å². The Morgan fingerprint density at radius 2 is 1.28 bits per heavy atom. The van der Waals surface area contributed by atoms with Crippen LogP contribution in [-0.4, -0.2) is 22.8 Å². The minimum Gasteiger partial charge on any atom is -0.427 e. The topological polar surface area (TPSA) is 94.6 Å². The third-order valence-corrected chi connectivity index (χ3v) is 5.39. The number of amides is 1. The molecule has 1 aromatic heterocycles. The maximum absolute atomic E-state index is 12.9. The van der Waals surface area contributed by atoms with Gasteiger partial charge in [-0.3, -0.25) is 19.4 Å². The molecule has 0 saturated carbocycles. The molecule has 0 aliphatic rings. The lowest BCUT2D eigenvalue weighted by Gasteiger charge is -2.22. The number of pyridine rings is 1. The maximum Gasteiger partial charge on any atom is 0.308 e. The number of hydrogen-bond acceptors (Lipinski definition) is 6. The van der Waals surface area contributed by atoms with E-state index in [-0.39, 0.29) is 11.8 Å². The Bertz CT molecular complexity index is 1310. The molecule has 1 heterocycles. The molecule has 4 rings (SSSR count). The molecule has 0 spiro atoms. The molecule has 1 N–H and O–H groups in total. The molecule has 4 aromatic rings. The van der Waals surface area contributed by atoms with E-state index in [0.717, 1.165) is 16.7 Å². The monoisotopic (exact) mass is 480 g/mol. The predicted octanol–water partition coefficient (Wildman–Crippen LogP) is 5.36. The van der Waals surface area contributed by atoms with E-state index < -0.39 is 11.9 Å². The number of para-hydroxylation sites is 1. The van der Waals surface area contributed by atoms with Crippen LogP contribution in [0, 0.1) is 0 Å². The Labute approximate surface area is 208 Å². The molecule has 1 amide bonds. The second-order valence-corrected chi connectivity index (χ2v) is 8.04. The van der Waals surface area contributed by atoms with Crippen LogP contribution in [0.3, 0.4) is 0 Å². The van der Waals surface area contributed by atoms with Crippen LogP contribution < -0.4 is 14.8 Å². The van der Waals surface area contributed by atoms with Crippen LogP contribution in [0.25, 0.3) is 0 Å². The van der Waals surface area contributed by atoms with Crippen LogP contribution >= 0.6 is 0 Å². The van der Waals surface area contributed by atoms with Crippen LogP contribution in [0.4, 0.5) is 5.69 Å². The number of carbonyl (C=O) groups is 3. The van der Waals surface area contributed by atoms with Crippen molar-refractivity contribution in [2.24, 2.45) is 0 Å². The Kier molecular flexibility index (Phi) is 7.51. The summed E-state index contributed by atoms with van der Waals surface area (Å²) < 4.78 is 10.4. The standard InChI is InChI=1S/C29H24N2O5/c1-19(32)35-24-13-9-21(10-14-24)28(22-11-15-25(16-12-22)36-20(2)33)26-7-3-4-8-27(26)31-29(34)23-6-5-17-30-18-23/h3-18,28H,1-2H3,(H,31,34). The summed E-state index contributed by atoms with van der Waals surface area (Å²) in [7, 11) is 0. The number of hydrogen-bond donors (Lipinski definition) is 1. The second-order valence-electron chi connectivity index (χ2n) is 8.04. The van der Waals surface area contributed by atoms with Crippen molar-refractivity contribution in [2.75, 3.05) is 5.32 Å². The van der Waals surface area contributed by atoms with Gasteiger partial charge in [0.15, 0.2) is 0 Å². The zero-order valence-electron chi connectivity index (χ0n) is 19.8. The highest BCUT2D eigenvalue weighted by Gasteiger charge is 2.21. The van der Waals surface area contributed by atoms with E-state index in [4.69, 9.17) is 9.47 Å². The summed E-state index contributed by atoms with van der Waals surface area (Å²) in [5, 5.41) is 3.00. The summed E-state index contributed by atoms with van der Waals surface area (Å²) in [5.74, 6) is -0.479. The molecule has 7 nitrogen and oxygen atoms in total. The van der Waals surface area contributed by atoms with Crippen molar-refractivity contribution in [1.82, 2.24) is 4.98 Å². The van der Waals surface area contributed by atoms with Gasteiger partial charge in [0.25, 0.3) is 5.91 Å². The number of aromatic nitrogens is 1. The fraction of sp³-hybridized carbons (Fsp3) is 0.103. The molecular weight excluding hydrogens is 456 g/mol. The molecule has 36 heavy (non-hydrogen) atoms. The zero-order chi connectivity index (χ0) is 25.5. The SMILES string of the molecule is CC(=O)Oc1ccc(C(c2ccc(OC(C)=O)cc2)c2ccccc2NC(=O)c2cccnc2)cc1. The van der Waals surface area contributed by atoms with E-state index >= 15 is 0 Å². The van der Waals surface area contributed by atoms with Gasteiger partial charge < -0.3 is 14.8 Å². The molecule has 0 aliphatic heterocycles. The van der Waals surface area contributed by atoms with Crippen molar-refractivity contribution < 1.29 is 23.9 Å². The van der Waals surface area contributed by atoms with Crippen LogP contribution in [-0.2, 0) is 9.59 Å². The normalized spacial score (nSPS) is 10.5. The average Bonchev–Trinajstić information content (AvgIpc) is 2.87. The van der Waals surface area contributed by atoms with Crippen molar-refractivity contribution >= 4 is 23.5 Å². The lowest BCUT2D eigenvalue weighted by Crippen LogP contribution is -2.15. The number of anilines is 1. The number of rotatable bonds is 7. The molecule has 0 atom stereocenters. The zero-order valence-corrected chi connectivity index (χ0v) is 19.8. The fourth-order valence-corrected chi connectivity index (χ4v) is 3.89. The number of esters is 2. The summed E-state index contributed by atoms with van der Waals surface area (Å²) in [6, 6.07) is 25.4. The van der Waals surface area contributed by atoms with Gasteiger partial charge in [-0.05, 0) is 59.2 Å². The molecule has 0 radical (unpaired) electrons. The van der Waals surface area contributed by atoms with Gasteiger partial charge in [0.05, 0.1) is 5.56 Å². The largest absolute Gasteiger partial charge is 0.427 e. The van der Waals surface area contributed by atoms with Crippen molar-refractivity contribution in [3.63, 3.8) is 0 Å². The Balaban J connectivity index is 1.75. The lowest BCUT2D eigenvalue weighted by molar-refractivity contribution is -0.132. The van der Waals surface area contributed by atoms with Crippen molar-refractivity contribution in [3.05, 3.63) is 120 Å². The molecule has 180 valence electrons. The third-order valence-electron chi connectivity index (χ3n) is 5.39. The number of ether oxygens (including phenoxy) is 2. The van der Waals surface area contributed by atoms with E-state index in [9.17, 15) is 14.4 Å². The lowest BCUT2D eigenvalue weighted by atomic mass is 9.84. The van der Waals surface area contributed by atoms with Crippen molar-refractivity contribution in [2.45, 2.75) is 19.8 Å². The molecule has 0 bridgehead atoms. The molecule has 0 fully saturated rings. The van der Waals surface area contributed by atoms with E-state index in [1.165, 1.54) is 20.0 Å². The highest BCUT2D eigenvalue weighted by Crippen LogP contribution is 2.37. The number of benzene rings is 3. The van der Waals surface area contributed by atoms with Gasteiger partial charge in [0, 0.05) is 37.8 Å². The first kappa shape index (κ1) is 24.3. The predicted molar refractivity (Wildman–Crippen MR) is 135 cm³/mol. The summed E-state index contributed by atoms with van der Waals surface area (Å²) in [5.41, 5.74) is 3.77. The third kappa shape index (κ3) is 6.01. The average molecular weight is 481 g/mol. The van der Waals surface area contributed by atoms with Gasteiger partial charge in [-0.15, -0.1) is 0 Å². The first-order valence-corrected chi connectivity index (χ1v) is 11.3. The quantitative estimate of drug-likeness (QED) is 0.217. The minimum atomic E-state index is -0.399. The fourth-order valence-electron chi connectivity index (χ4n) is 3.89. The van der Waals surface area contributed by atoms with Gasteiger partial charge in [-0.1, -0.05) is 42.5 Å². The van der Waals surface area contributed by atoms with Crippen LogP contribution in [0.1, 0.15) is 46.8 Å². The highest BCUT2D eigenvalue weighted by molar-refractivity contribution is 6.04. The van der Waals surface area contributed by atoms with E-state index in [1.807, 2.05) is 48.5 Å². The smallest absolute Gasteiger partial charge is 0.308 e. The van der Waals surface area contributed by atoms with Gasteiger partial charge in [0.2, 0.25) is 0 Å². The molecule has 0 aliphatic carbocycles. The summed E-state index contributed by atoms with van der Waals surface area (Å²) in [6.45, 7) is 2.70. The molecule has 0 saturated heterocycles. The number of nitrogens with zero attached hydrogens (tertiary/aromatic N) is 1. The van der Waals surface area contributed by atoms with Gasteiger partial charge in [-0.25, -0.2) is 0 Å². The number of carbonyl (C=O) groups excluding carboxylic acids is 3. The van der Waals surface area contributed by atoms with Crippen LogP contribution in [0.2, 0.25) is 0 Å². The maximum atomic E-state index is 12.9. The van der Waals surface area contributed by atoms with Crippen LogP contribution in [0.15, 0.2) is 97.3 Å². The Hall–Kier alpha value is -4.78. The Morgan fingerprint density at radius 3 is 1.78 bits per heavy atom. The molecule has 7 heteroatoms.